The lowest BCUT2D eigenvalue weighted by Crippen LogP contribution is -2.29. The molecule has 1 N–H and O–H groups in total. The average molecular weight is 527 g/mol. The van der Waals surface area contributed by atoms with Crippen molar-refractivity contribution in [1.82, 2.24) is 4.57 Å². The fourth-order valence-corrected chi connectivity index (χ4v) is 5.10. The zero-order valence-corrected chi connectivity index (χ0v) is 22.3. The van der Waals surface area contributed by atoms with E-state index in [1.54, 1.807) is 49.6 Å². The molecule has 8 nitrogen and oxygen atoms in total. The van der Waals surface area contributed by atoms with E-state index < -0.39 is 17.7 Å². The van der Waals surface area contributed by atoms with Crippen LogP contribution in [0.15, 0.2) is 78.5 Å². The van der Waals surface area contributed by atoms with Gasteiger partial charge in [0.05, 0.1) is 37.5 Å². The van der Waals surface area contributed by atoms with E-state index >= 15 is 0 Å². The van der Waals surface area contributed by atoms with Crippen molar-refractivity contribution in [3.05, 3.63) is 89.6 Å². The molecule has 1 unspecified atom stereocenters. The number of aliphatic hydroxyl groups is 1. The first kappa shape index (κ1) is 25.9. The van der Waals surface area contributed by atoms with Gasteiger partial charge in [-0.05, 0) is 56.3 Å². The Morgan fingerprint density at radius 1 is 0.923 bits per heavy atom. The maximum atomic E-state index is 13.7. The summed E-state index contributed by atoms with van der Waals surface area (Å²) in [6.45, 7) is 4.50. The largest absolute Gasteiger partial charge is 0.507 e. The summed E-state index contributed by atoms with van der Waals surface area (Å²) in [6, 6.07) is 18.8. The van der Waals surface area contributed by atoms with Gasteiger partial charge in [0, 0.05) is 41.5 Å². The number of amides is 1. The predicted molar refractivity (Wildman–Crippen MR) is 149 cm³/mol. The van der Waals surface area contributed by atoms with Gasteiger partial charge in [-0.15, -0.1) is 0 Å². The molecule has 1 aliphatic rings. The van der Waals surface area contributed by atoms with Gasteiger partial charge in [-0.1, -0.05) is 18.2 Å². The van der Waals surface area contributed by atoms with Crippen molar-refractivity contribution < 1.29 is 28.9 Å². The Hall–Kier alpha value is -4.72. The highest BCUT2D eigenvalue weighted by Crippen LogP contribution is 2.46. The lowest BCUT2D eigenvalue weighted by Gasteiger charge is -2.25. The predicted octanol–water partition coefficient (Wildman–Crippen LogP) is 5.61. The molecule has 3 aromatic carbocycles. The number of ketones is 1. The monoisotopic (exact) mass is 526 g/mol. The molecule has 1 saturated heterocycles. The summed E-state index contributed by atoms with van der Waals surface area (Å²) >= 11 is 0. The number of aliphatic hydroxyl groups excluding tert-OH is 1. The second kappa shape index (κ2) is 10.6. The highest BCUT2D eigenvalue weighted by molar-refractivity contribution is 6.52. The first-order valence-electron chi connectivity index (χ1n) is 12.8. The Bertz CT molecular complexity index is 1580. The van der Waals surface area contributed by atoms with Gasteiger partial charge in [-0.3, -0.25) is 14.5 Å². The Morgan fingerprint density at radius 2 is 1.62 bits per heavy atom. The van der Waals surface area contributed by atoms with E-state index in [-0.39, 0.29) is 11.3 Å². The van der Waals surface area contributed by atoms with Gasteiger partial charge in [0.25, 0.3) is 11.7 Å². The van der Waals surface area contributed by atoms with Crippen LogP contribution in [0.25, 0.3) is 16.7 Å². The van der Waals surface area contributed by atoms with E-state index in [0.717, 1.165) is 10.9 Å². The summed E-state index contributed by atoms with van der Waals surface area (Å²) in [5.41, 5.74) is 2.44. The third-order valence-corrected chi connectivity index (χ3v) is 6.84. The number of aromatic nitrogens is 1. The zero-order valence-electron chi connectivity index (χ0n) is 22.3. The van der Waals surface area contributed by atoms with Crippen molar-refractivity contribution in [1.29, 1.82) is 0 Å². The number of carbonyl (C=O) groups is 2. The van der Waals surface area contributed by atoms with E-state index in [9.17, 15) is 14.7 Å². The molecule has 0 radical (unpaired) electrons. The fraction of sp³-hybridized carbons (Fsp3) is 0.226. The Kier molecular flexibility index (Phi) is 7.02. The quantitative estimate of drug-likeness (QED) is 0.182. The van der Waals surface area contributed by atoms with Crippen LogP contribution in [0.3, 0.4) is 0 Å². The van der Waals surface area contributed by atoms with Crippen LogP contribution >= 0.6 is 0 Å². The van der Waals surface area contributed by atoms with Gasteiger partial charge in [0.1, 0.15) is 23.0 Å². The van der Waals surface area contributed by atoms with E-state index in [1.807, 2.05) is 55.9 Å². The number of rotatable bonds is 8. The van der Waals surface area contributed by atoms with Gasteiger partial charge in [-0.25, -0.2) is 0 Å². The van der Waals surface area contributed by atoms with Crippen LogP contribution < -0.4 is 19.1 Å². The zero-order chi connectivity index (χ0) is 27.7. The lowest BCUT2D eigenvalue weighted by atomic mass is 9.94. The third-order valence-electron chi connectivity index (χ3n) is 6.84. The molecule has 1 atom stereocenters. The van der Waals surface area contributed by atoms with Crippen LogP contribution in [-0.4, -0.2) is 41.7 Å². The van der Waals surface area contributed by atoms with Crippen LogP contribution in [0.2, 0.25) is 0 Å². The second-order valence-corrected chi connectivity index (χ2v) is 9.10. The van der Waals surface area contributed by atoms with Crippen LogP contribution in [0.1, 0.15) is 31.0 Å². The molecule has 8 heteroatoms. The molecule has 5 rings (SSSR count). The van der Waals surface area contributed by atoms with Crippen molar-refractivity contribution in [2.45, 2.75) is 19.9 Å². The number of methoxy groups -OCH3 is 1. The van der Waals surface area contributed by atoms with Gasteiger partial charge in [0.2, 0.25) is 0 Å². The molecule has 1 aromatic heterocycles. The maximum Gasteiger partial charge on any atom is 0.300 e. The first-order valence-corrected chi connectivity index (χ1v) is 12.8. The van der Waals surface area contributed by atoms with Crippen LogP contribution in [0, 0.1) is 0 Å². The van der Waals surface area contributed by atoms with Crippen molar-refractivity contribution in [3.8, 4) is 17.2 Å². The normalized spacial score (nSPS) is 16.6. The molecule has 0 aliphatic carbocycles. The van der Waals surface area contributed by atoms with Crippen LogP contribution in [-0.2, 0) is 16.6 Å². The van der Waals surface area contributed by atoms with Gasteiger partial charge in [0.15, 0.2) is 0 Å². The Labute approximate surface area is 226 Å². The number of carbonyl (C=O) groups excluding carboxylic acids is 2. The molecular weight excluding hydrogens is 496 g/mol. The highest BCUT2D eigenvalue weighted by Gasteiger charge is 2.48. The van der Waals surface area contributed by atoms with E-state index in [2.05, 4.69) is 0 Å². The minimum atomic E-state index is -0.884. The minimum absolute atomic E-state index is 0.0164. The number of Topliss-reactive ketones (excluding diaryl/α,β-unsaturated/α-hetero) is 1. The molecule has 200 valence electrons. The summed E-state index contributed by atoms with van der Waals surface area (Å²) in [5.74, 6) is -0.280. The van der Waals surface area contributed by atoms with E-state index in [0.29, 0.717) is 47.3 Å². The Morgan fingerprint density at radius 3 is 2.31 bits per heavy atom. The number of fused-ring (bicyclic) bond motifs is 1. The third kappa shape index (κ3) is 4.48. The topological polar surface area (TPSA) is 90.2 Å². The van der Waals surface area contributed by atoms with Crippen molar-refractivity contribution in [2.24, 2.45) is 7.05 Å². The molecule has 2 heterocycles. The number of anilines is 1. The Balaban J connectivity index is 1.77. The maximum absolute atomic E-state index is 13.7. The smallest absolute Gasteiger partial charge is 0.300 e. The molecule has 4 aromatic rings. The van der Waals surface area contributed by atoms with Gasteiger partial charge in [-0.2, -0.15) is 0 Å². The van der Waals surface area contributed by atoms with Crippen molar-refractivity contribution in [3.63, 3.8) is 0 Å². The van der Waals surface area contributed by atoms with Gasteiger partial charge >= 0.3 is 0 Å². The SMILES string of the molecule is CCOc1ccc(/C(O)=C2\C(=O)C(=O)N(c3ccc(OC)cc3)C2c2cn(C)c3ccccc23)c(OCC)c1. The lowest BCUT2D eigenvalue weighted by molar-refractivity contribution is -0.132. The number of hydrogen-bond donors (Lipinski definition) is 1. The molecule has 1 amide bonds. The number of para-hydroxylation sites is 1. The first-order chi connectivity index (χ1) is 18.9. The standard InChI is InChI=1S/C31H30N2O6/c1-5-38-21-15-16-23(26(17-21)39-6-2)29(34)27-28(24-18-32(3)25-10-8-7-9-22(24)25)33(31(36)30(27)35)19-11-13-20(37-4)14-12-19/h7-18,28,34H,5-6H2,1-4H3/b29-27+. The number of benzene rings is 3. The van der Waals surface area contributed by atoms with Crippen molar-refractivity contribution >= 4 is 34.0 Å². The van der Waals surface area contributed by atoms with Gasteiger partial charge < -0.3 is 23.9 Å². The second-order valence-electron chi connectivity index (χ2n) is 9.10. The number of nitrogens with zero attached hydrogens (tertiary/aromatic N) is 2. The summed E-state index contributed by atoms with van der Waals surface area (Å²) in [6.07, 6.45) is 1.90. The molecule has 0 bridgehead atoms. The summed E-state index contributed by atoms with van der Waals surface area (Å²) in [7, 11) is 3.47. The molecule has 0 spiro atoms. The summed E-state index contributed by atoms with van der Waals surface area (Å²) in [4.78, 5) is 28.7. The van der Waals surface area contributed by atoms with Crippen LogP contribution in [0.4, 0.5) is 5.69 Å². The number of aryl methyl sites for hydroxylation is 1. The molecule has 0 saturated carbocycles. The average Bonchev–Trinajstić information content (AvgIpc) is 3.42. The molecule has 1 fully saturated rings. The fourth-order valence-electron chi connectivity index (χ4n) is 5.10. The summed E-state index contributed by atoms with van der Waals surface area (Å²) < 4.78 is 18.7. The number of hydrogen-bond acceptors (Lipinski definition) is 6. The van der Waals surface area contributed by atoms with Crippen LogP contribution in [0.5, 0.6) is 17.2 Å². The van der Waals surface area contributed by atoms with E-state index in [4.69, 9.17) is 14.2 Å². The highest BCUT2D eigenvalue weighted by atomic mass is 16.5. The summed E-state index contributed by atoms with van der Waals surface area (Å²) in [5, 5.41) is 12.6. The number of ether oxygens (including phenoxy) is 3. The molecular formula is C31H30N2O6. The molecule has 1 aliphatic heterocycles. The minimum Gasteiger partial charge on any atom is -0.507 e. The van der Waals surface area contributed by atoms with Crippen molar-refractivity contribution in [2.75, 3.05) is 25.2 Å². The van der Waals surface area contributed by atoms with E-state index in [1.165, 1.54) is 4.90 Å². The molecule has 39 heavy (non-hydrogen) atoms.